The van der Waals surface area contributed by atoms with Gasteiger partial charge >= 0.3 is 0 Å². The van der Waals surface area contributed by atoms with Gasteiger partial charge in [0.2, 0.25) is 10.0 Å². The fourth-order valence-corrected chi connectivity index (χ4v) is 4.54. The molecule has 0 fully saturated rings. The molecule has 2 aromatic rings. The van der Waals surface area contributed by atoms with E-state index in [4.69, 9.17) is 5.14 Å². The van der Waals surface area contributed by atoms with Gasteiger partial charge in [0, 0.05) is 18.7 Å². The summed E-state index contributed by atoms with van der Waals surface area (Å²) in [6, 6.07) is 9.28. The van der Waals surface area contributed by atoms with Gasteiger partial charge in [-0.05, 0) is 53.9 Å². The molecule has 1 aliphatic rings. The van der Waals surface area contributed by atoms with Gasteiger partial charge in [-0.2, -0.15) is 0 Å². The molecular formula is C17H20N2O5S2. The van der Waals surface area contributed by atoms with Gasteiger partial charge in [-0.1, -0.05) is 12.1 Å². The van der Waals surface area contributed by atoms with Crippen molar-refractivity contribution in [2.45, 2.75) is 22.1 Å². The van der Waals surface area contributed by atoms with E-state index >= 15 is 0 Å². The van der Waals surface area contributed by atoms with E-state index in [0.717, 1.165) is 22.9 Å². The molecular weight excluding hydrogens is 376 g/mol. The lowest BCUT2D eigenvalue weighted by atomic mass is 9.88. The second-order valence-corrected chi connectivity index (χ2v) is 9.96. The first-order valence-corrected chi connectivity index (χ1v) is 11.4. The van der Waals surface area contributed by atoms with Gasteiger partial charge in [0.25, 0.3) is 0 Å². The van der Waals surface area contributed by atoms with Crippen LogP contribution in [0.25, 0.3) is 0 Å². The highest BCUT2D eigenvalue weighted by molar-refractivity contribution is 7.90. The standard InChI is InChI=1S/C17H20N2O5S2/c1-25(21,22)17-8-12-6-7-19-10-15(14(12)9-16(17)20)11-2-4-13(5-3-11)26(18,23)24/h2-5,8-9,15,19-20H,6-7,10H2,1H3,(H2,18,23,24). The third kappa shape index (κ3) is 3.75. The van der Waals surface area contributed by atoms with Gasteiger partial charge in [-0.3, -0.25) is 0 Å². The number of hydrogen-bond donors (Lipinski definition) is 3. The molecule has 7 nitrogen and oxygen atoms in total. The molecule has 0 spiro atoms. The van der Waals surface area contributed by atoms with Gasteiger partial charge in [0.1, 0.15) is 10.6 Å². The fourth-order valence-electron chi connectivity index (χ4n) is 3.23. The van der Waals surface area contributed by atoms with E-state index in [-0.39, 0.29) is 21.5 Å². The zero-order valence-corrected chi connectivity index (χ0v) is 15.8. The van der Waals surface area contributed by atoms with Crippen molar-refractivity contribution in [2.24, 2.45) is 5.14 Å². The van der Waals surface area contributed by atoms with E-state index in [2.05, 4.69) is 5.32 Å². The summed E-state index contributed by atoms with van der Waals surface area (Å²) in [5, 5.41) is 18.6. The summed E-state index contributed by atoms with van der Waals surface area (Å²) < 4.78 is 46.6. The molecule has 140 valence electrons. The first kappa shape index (κ1) is 18.8. The SMILES string of the molecule is CS(=O)(=O)c1cc2c(cc1O)C(c1ccc(S(N)(=O)=O)cc1)CNCC2. The summed E-state index contributed by atoms with van der Waals surface area (Å²) in [7, 11) is -7.30. The van der Waals surface area contributed by atoms with Crippen LogP contribution in [-0.4, -0.2) is 41.3 Å². The number of nitrogens with one attached hydrogen (secondary N) is 1. The number of sulfone groups is 1. The Morgan fingerprint density at radius 1 is 1.12 bits per heavy atom. The van der Waals surface area contributed by atoms with Crippen molar-refractivity contribution in [2.75, 3.05) is 19.3 Å². The predicted molar refractivity (Wildman–Crippen MR) is 97.4 cm³/mol. The minimum atomic E-state index is -3.77. The highest BCUT2D eigenvalue weighted by Crippen LogP contribution is 2.35. The van der Waals surface area contributed by atoms with Crippen LogP contribution in [0, 0.1) is 0 Å². The van der Waals surface area contributed by atoms with Crippen LogP contribution in [0.5, 0.6) is 5.75 Å². The Labute approximate surface area is 152 Å². The maximum atomic E-state index is 11.9. The Morgan fingerprint density at radius 3 is 2.35 bits per heavy atom. The summed E-state index contributed by atoms with van der Waals surface area (Å²) in [5.74, 6) is -0.430. The molecule has 0 radical (unpaired) electrons. The third-order valence-electron chi connectivity index (χ3n) is 4.53. The number of phenolic OH excluding ortho intramolecular Hbond substituents is 1. The molecule has 0 saturated carbocycles. The van der Waals surface area contributed by atoms with Crippen LogP contribution in [-0.2, 0) is 26.3 Å². The maximum absolute atomic E-state index is 11.9. The Kier molecular flexibility index (Phi) is 4.82. The lowest BCUT2D eigenvalue weighted by Gasteiger charge is -2.20. The zero-order chi connectivity index (χ0) is 19.1. The number of aromatic hydroxyl groups is 1. The van der Waals surface area contributed by atoms with Gasteiger partial charge < -0.3 is 10.4 Å². The molecule has 0 amide bonds. The average Bonchev–Trinajstić information content (AvgIpc) is 2.74. The second-order valence-electron chi connectivity index (χ2n) is 6.41. The van der Waals surface area contributed by atoms with Crippen LogP contribution in [0.1, 0.15) is 22.6 Å². The van der Waals surface area contributed by atoms with Crippen molar-refractivity contribution in [3.05, 3.63) is 53.1 Å². The van der Waals surface area contributed by atoms with E-state index in [0.29, 0.717) is 19.5 Å². The quantitative estimate of drug-likeness (QED) is 0.702. The van der Waals surface area contributed by atoms with Crippen LogP contribution in [0.15, 0.2) is 46.2 Å². The smallest absolute Gasteiger partial charge is 0.238 e. The third-order valence-corrected chi connectivity index (χ3v) is 6.58. The fraction of sp³-hybridized carbons (Fsp3) is 0.294. The normalized spacial score (nSPS) is 18.2. The maximum Gasteiger partial charge on any atom is 0.238 e. The van der Waals surface area contributed by atoms with Crippen LogP contribution < -0.4 is 10.5 Å². The number of fused-ring (bicyclic) bond motifs is 1. The molecule has 2 aromatic carbocycles. The molecule has 26 heavy (non-hydrogen) atoms. The van der Waals surface area contributed by atoms with Crippen molar-refractivity contribution < 1.29 is 21.9 Å². The number of benzene rings is 2. The molecule has 0 aliphatic carbocycles. The lowest BCUT2D eigenvalue weighted by molar-refractivity contribution is 0.457. The van der Waals surface area contributed by atoms with Crippen LogP contribution >= 0.6 is 0 Å². The monoisotopic (exact) mass is 396 g/mol. The van der Waals surface area contributed by atoms with Crippen molar-refractivity contribution >= 4 is 19.9 Å². The molecule has 1 atom stereocenters. The summed E-state index contributed by atoms with van der Waals surface area (Å²) >= 11 is 0. The predicted octanol–water partition coefficient (Wildman–Crippen LogP) is 0.721. The highest BCUT2D eigenvalue weighted by Gasteiger charge is 2.25. The van der Waals surface area contributed by atoms with Crippen LogP contribution in [0.2, 0.25) is 0 Å². The zero-order valence-electron chi connectivity index (χ0n) is 14.1. The first-order chi connectivity index (χ1) is 12.1. The van der Waals surface area contributed by atoms with E-state index in [1.54, 1.807) is 12.1 Å². The van der Waals surface area contributed by atoms with Gasteiger partial charge in [0.15, 0.2) is 9.84 Å². The second kappa shape index (κ2) is 6.66. The summed E-state index contributed by atoms with van der Waals surface area (Å²) in [6.45, 7) is 1.26. The topological polar surface area (TPSA) is 127 Å². The molecule has 1 unspecified atom stereocenters. The Hall–Kier alpha value is -1.94. The Bertz CT molecular complexity index is 1050. The number of phenols is 1. The van der Waals surface area contributed by atoms with E-state index < -0.39 is 19.9 Å². The van der Waals surface area contributed by atoms with Crippen molar-refractivity contribution in [3.63, 3.8) is 0 Å². The van der Waals surface area contributed by atoms with Crippen LogP contribution in [0.3, 0.4) is 0 Å². The summed E-state index contributed by atoms with van der Waals surface area (Å²) in [5.41, 5.74) is 2.51. The number of rotatable bonds is 3. The summed E-state index contributed by atoms with van der Waals surface area (Å²) in [4.78, 5) is -0.0557. The number of sulfonamides is 1. The minimum absolute atomic E-state index is 0.0262. The van der Waals surface area contributed by atoms with Gasteiger partial charge in [-0.25, -0.2) is 22.0 Å². The Balaban J connectivity index is 2.10. The van der Waals surface area contributed by atoms with Crippen LogP contribution in [0.4, 0.5) is 0 Å². The first-order valence-electron chi connectivity index (χ1n) is 7.96. The van der Waals surface area contributed by atoms with E-state index in [1.165, 1.54) is 24.3 Å². The lowest BCUT2D eigenvalue weighted by Crippen LogP contribution is -2.21. The number of hydrogen-bond acceptors (Lipinski definition) is 6. The summed E-state index contributed by atoms with van der Waals surface area (Å²) in [6.07, 6.45) is 1.69. The molecule has 3 rings (SSSR count). The van der Waals surface area contributed by atoms with Crippen molar-refractivity contribution in [1.29, 1.82) is 0 Å². The Morgan fingerprint density at radius 2 is 1.77 bits per heavy atom. The molecule has 9 heteroatoms. The van der Waals surface area contributed by atoms with Crippen molar-refractivity contribution in [1.82, 2.24) is 5.32 Å². The molecule has 4 N–H and O–H groups in total. The van der Waals surface area contributed by atoms with Gasteiger partial charge in [0.05, 0.1) is 4.90 Å². The molecule has 0 saturated heterocycles. The van der Waals surface area contributed by atoms with Crippen molar-refractivity contribution in [3.8, 4) is 5.75 Å². The number of nitrogens with two attached hydrogens (primary N) is 1. The van der Waals surface area contributed by atoms with E-state index in [9.17, 15) is 21.9 Å². The molecule has 1 aliphatic heterocycles. The molecule has 0 bridgehead atoms. The van der Waals surface area contributed by atoms with Gasteiger partial charge in [-0.15, -0.1) is 0 Å². The van der Waals surface area contributed by atoms with E-state index in [1.807, 2.05) is 0 Å². The minimum Gasteiger partial charge on any atom is -0.507 e. The molecule has 1 heterocycles. The highest BCUT2D eigenvalue weighted by atomic mass is 32.2. The number of primary sulfonamides is 1. The largest absolute Gasteiger partial charge is 0.507 e. The average molecular weight is 396 g/mol. The molecule has 0 aromatic heterocycles.